The molecule has 3 rings (SSSR count). The molecule has 0 aliphatic rings. The number of thiophene rings is 1. The van der Waals surface area contributed by atoms with Crippen LogP contribution in [0.2, 0.25) is 0 Å². The van der Waals surface area contributed by atoms with Crippen LogP contribution in [0.3, 0.4) is 0 Å². The van der Waals surface area contributed by atoms with Crippen LogP contribution in [-0.4, -0.2) is 16.0 Å². The van der Waals surface area contributed by atoms with Crippen LogP contribution in [0.15, 0.2) is 22.8 Å². The van der Waals surface area contributed by atoms with Gasteiger partial charge >= 0.3 is 0 Å². The van der Waals surface area contributed by atoms with E-state index in [-0.39, 0.29) is 6.04 Å². The highest BCUT2D eigenvalue weighted by Crippen LogP contribution is 2.34. The zero-order valence-electron chi connectivity index (χ0n) is 13.7. The van der Waals surface area contributed by atoms with Crippen molar-refractivity contribution in [3.05, 3.63) is 40.4 Å². The van der Waals surface area contributed by atoms with Gasteiger partial charge in [-0.15, -0.1) is 11.3 Å². The first-order chi connectivity index (χ1) is 11.1. The summed E-state index contributed by atoms with van der Waals surface area (Å²) in [6.45, 7) is 6.84. The van der Waals surface area contributed by atoms with Crippen molar-refractivity contribution in [2.24, 2.45) is 5.73 Å². The number of nitrogens with zero attached hydrogens (tertiary/aromatic N) is 2. The molecule has 0 aliphatic carbocycles. The van der Waals surface area contributed by atoms with Crippen LogP contribution in [0.25, 0.3) is 10.2 Å². The molecule has 23 heavy (non-hydrogen) atoms. The van der Waals surface area contributed by atoms with Gasteiger partial charge in [-0.3, -0.25) is 0 Å². The molecule has 5 nitrogen and oxygen atoms in total. The molecular formula is C17H22N4OS. The van der Waals surface area contributed by atoms with Crippen molar-refractivity contribution in [1.29, 1.82) is 0 Å². The Bertz CT molecular complexity index is 793. The third kappa shape index (κ3) is 3.38. The Morgan fingerprint density at radius 3 is 2.87 bits per heavy atom. The molecule has 0 bridgehead atoms. The molecule has 0 fully saturated rings. The van der Waals surface area contributed by atoms with E-state index in [1.165, 1.54) is 10.4 Å². The Labute approximate surface area is 139 Å². The molecule has 0 aliphatic heterocycles. The maximum absolute atomic E-state index is 5.97. The SMILES string of the molecule is CCc1nc(NCc2ccco2)c2sc(C[C@H](C)N)c(C)c2n1. The topological polar surface area (TPSA) is 77.0 Å². The van der Waals surface area contributed by atoms with E-state index in [1.54, 1.807) is 17.6 Å². The fourth-order valence-electron chi connectivity index (χ4n) is 2.53. The highest BCUT2D eigenvalue weighted by Gasteiger charge is 2.16. The maximum atomic E-state index is 5.97. The van der Waals surface area contributed by atoms with Crippen molar-refractivity contribution >= 4 is 27.4 Å². The summed E-state index contributed by atoms with van der Waals surface area (Å²) in [5.74, 6) is 2.62. The van der Waals surface area contributed by atoms with Crippen LogP contribution in [0.5, 0.6) is 0 Å². The highest BCUT2D eigenvalue weighted by molar-refractivity contribution is 7.19. The molecule has 122 valence electrons. The summed E-state index contributed by atoms with van der Waals surface area (Å²) in [4.78, 5) is 10.7. The molecule has 1 atom stereocenters. The Balaban J connectivity index is 2.00. The molecule has 0 unspecified atom stereocenters. The lowest BCUT2D eigenvalue weighted by molar-refractivity contribution is 0.518. The van der Waals surface area contributed by atoms with Gasteiger partial charge in [-0.25, -0.2) is 9.97 Å². The van der Waals surface area contributed by atoms with Gasteiger partial charge in [-0.05, 0) is 38.0 Å². The van der Waals surface area contributed by atoms with E-state index in [0.717, 1.165) is 40.5 Å². The van der Waals surface area contributed by atoms with E-state index in [9.17, 15) is 0 Å². The third-order valence-corrected chi connectivity index (χ3v) is 5.05. The quantitative estimate of drug-likeness (QED) is 0.721. The van der Waals surface area contributed by atoms with Crippen LogP contribution < -0.4 is 11.1 Å². The fraction of sp³-hybridized carbons (Fsp3) is 0.412. The lowest BCUT2D eigenvalue weighted by Crippen LogP contribution is -2.17. The van der Waals surface area contributed by atoms with E-state index < -0.39 is 0 Å². The first-order valence-electron chi connectivity index (χ1n) is 7.89. The molecule has 3 aromatic rings. The van der Waals surface area contributed by atoms with Crippen molar-refractivity contribution < 1.29 is 4.42 Å². The molecule has 3 aromatic heterocycles. The van der Waals surface area contributed by atoms with Gasteiger partial charge in [0.2, 0.25) is 0 Å². The van der Waals surface area contributed by atoms with Crippen molar-refractivity contribution in [3.8, 4) is 0 Å². The number of rotatable bonds is 6. The zero-order valence-corrected chi connectivity index (χ0v) is 14.5. The second kappa shape index (κ2) is 6.68. The van der Waals surface area contributed by atoms with Gasteiger partial charge in [0.15, 0.2) is 0 Å². The number of fused-ring (bicyclic) bond motifs is 1. The average Bonchev–Trinajstić information content (AvgIpc) is 3.14. The molecule has 0 aromatic carbocycles. The number of hydrogen-bond acceptors (Lipinski definition) is 6. The zero-order chi connectivity index (χ0) is 16.4. The first-order valence-corrected chi connectivity index (χ1v) is 8.70. The number of furan rings is 1. The Hall–Kier alpha value is -1.92. The molecule has 3 heterocycles. The Morgan fingerprint density at radius 1 is 1.39 bits per heavy atom. The van der Waals surface area contributed by atoms with Gasteiger partial charge in [0.05, 0.1) is 23.0 Å². The van der Waals surface area contributed by atoms with E-state index >= 15 is 0 Å². The van der Waals surface area contributed by atoms with E-state index in [0.29, 0.717) is 6.54 Å². The normalized spacial score (nSPS) is 12.7. The predicted molar refractivity (Wildman–Crippen MR) is 94.9 cm³/mol. The minimum atomic E-state index is 0.139. The predicted octanol–water partition coefficient (Wildman–Crippen LogP) is 3.66. The third-order valence-electron chi connectivity index (χ3n) is 3.74. The van der Waals surface area contributed by atoms with Crippen LogP contribution in [0, 0.1) is 6.92 Å². The minimum absolute atomic E-state index is 0.139. The molecule has 6 heteroatoms. The van der Waals surface area contributed by atoms with Gasteiger partial charge in [-0.2, -0.15) is 0 Å². The average molecular weight is 330 g/mol. The van der Waals surface area contributed by atoms with Gasteiger partial charge in [0, 0.05) is 17.3 Å². The summed E-state index contributed by atoms with van der Waals surface area (Å²) in [6.07, 6.45) is 3.36. The van der Waals surface area contributed by atoms with Gasteiger partial charge in [0.25, 0.3) is 0 Å². The van der Waals surface area contributed by atoms with Crippen LogP contribution in [-0.2, 0) is 19.4 Å². The molecule has 0 radical (unpaired) electrons. The Morgan fingerprint density at radius 2 is 2.22 bits per heavy atom. The number of nitrogens with two attached hydrogens (primary N) is 1. The molecule has 3 N–H and O–H groups in total. The fourth-order valence-corrected chi connectivity index (χ4v) is 3.88. The lowest BCUT2D eigenvalue weighted by Gasteiger charge is -2.07. The second-order valence-electron chi connectivity index (χ2n) is 5.78. The number of aromatic nitrogens is 2. The summed E-state index contributed by atoms with van der Waals surface area (Å²) in [6, 6.07) is 3.98. The van der Waals surface area contributed by atoms with E-state index in [4.69, 9.17) is 15.1 Å². The monoisotopic (exact) mass is 330 g/mol. The number of anilines is 1. The van der Waals surface area contributed by atoms with Crippen LogP contribution >= 0.6 is 11.3 Å². The second-order valence-corrected chi connectivity index (χ2v) is 6.89. The summed E-state index contributed by atoms with van der Waals surface area (Å²) in [5.41, 5.74) is 8.24. The molecule has 0 saturated heterocycles. The summed E-state index contributed by atoms with van der Waals surface area (Å²) in [7, 11) is 0. The molecule has 0 spiro atoms. The van der Waals surface area contributed by atoms with Crippen molar-refractivity contribution in [2.45, 2.75) is 46.2 Å². The minimum Gasteiger partial charge on any atom is -0.467 e. The maximum Gasteiger partial charge on any atom is 0.148 e. The van der Waals surface area contributed by atoms with Crippen molar-refractivity contribution in [2.75, 3.05) is 5.32 Å². The highest BCUT2D eigenvalue weighted by atomic mass is 32.1. The van der Waals surface area contributed by atoms with Gasteiger partial charge < -0.3 is 15.5 Å². The Kier molecular flexibility index (Phi) is 4.63. The summed E-state index contributed by atoms with van der Waals surface area (Å²) in [5, 5.41) is 3.39. The summed E-state index contributed by atoms with van der Waals surface area (Å²) >= 11 is 1.74. The largest absolute Gasteiger partial charge is 0.467 e. The molecular weight excluding hydrogens is 308 g/mol. The number of aryl methyl sites for hydroxylation is 2. The van der Waals surface area contributed by atoms with E-state index in [1.807, 2.05) is 19.1 Å². The molecule has 0 saturated carbocycles. The first kappa shape index (κ1) is 16.0. The van der Waals surface area contributed by atoms with Crippen molar-refractivity contribution in [1.82, 2.24) is 9.97 Å². The number of hydrogen-bond donors (Lipinski definition) is 2. The van der Waals surface area contributed by atoms with Crippen LogP contribution in [0.4, 0.5) is 5.82 Å². The molecule has 0 amide bonds. The lowest BCUT2D eigenvalue weighted by atomic mass is 10.1. The standard InChI is InChI=1S/C17H22N4OS/c1-4-14-20-15-11(3)13(8-10(2)18)23-16(15)17(21-14)19-9-12-6-5-7-22-12/h5-7,10H,4,8-9,18H2,1-3H3,(H,19,20,21)/t10-/m0/s1. The van der Waals surface area contributed by atoms with Crippen molar-refractivity contribution in [3.63, 3.8) is 0 Å². The van der Waals surface area contributed by atoms with Crippen LogP contribution in [0.1, 0.15) is 35.9 Å². The smallest absolute Gasteiger partial charge is 0.148 e. The van der Waals surface area contributed by atoms with E-state index in [2.05, 4.69) is 24.1 Å². The summed E-state index contributed by atoms with van der Waals surface area (Å²) < 4.78 is 6.49. The van der Waals surface area contributed by atoms with Gasteiger partial charge in [0.1, 0.15) is 17.4 Å². The van der Waals surface area contributed by atoms with Gasteiger partial charge in [-0.1, -0.05) is 6.92 Å². The number of nitrogens with one attached hydrogen (secondary N) is 1.